The van der Waals surface area contributed by atoms with Crippen LogP contribution in [0.5, 0.6) is 11.5 Å². The Labute approximate surface area is 167 Å². The van der Waals surface area contributed by atoms with Gasteiger partial charge in [0, 0.05) is 19.3 Å². The number of ether oxygens (including phenoxy) is 2. The summed E-state index contributed by atoms with van der Waals surface area (Å²) in [6, 6.07) is 5.73. The molecule has 154 valence electrons. The summed E-state index contributed by atoms with van der Waals surface area (Å²) in [6.45, 7) is 4.79. The second-order valence-corrected chi connectivity index (χ2v) is 7.06. The van der Waals surface area contributed by atoms with Crippen molar-refractivity contribution in [3.63, 3.8) is 0 Å². The third-order valence-electron chi connectivity index (χ3n) is 4.43. The van der Waals surface area contributed by atoms with Gasteiger partial charge in [0.05, 0.1) is 14.2 Å². The molecule has 0 saturated heterocycles. The van der Waals surface area contributed by atoms with Crippen LogP contribution in [0, 0.1) is 5.92 Å². The minimum atomic E-state index is -0.467. The topological polar surface area (TPSA) is 111 Å². The highest BCUT2D eigenvalue weighted by Crippen LogP contribution is 2.27. The largest absolute Gasteiger partial charge is 0.493 e. The monoisotopic (exact) mass is 399 g/mol. The van der Waals surface area contributed by atoms with Gasteiger partial charge in [-0.1, -0.05) is 19.9 Å². The molecule has 1 aromatic carbocycles. The number of nitrogens with one attached hydrogen (secondary N) is 2. The molecule has 3 rings (SSSR count). The van der Waals surface area contributed by atoms with E-state index in [1.165, 1.54) is 10.8 Å². The van der Waals surface area contributed by atoms with Gasteiger partial charge in [-0.3, -0.25) is 14.3 Å². The molecule has 0 aliphatic heterocycles. The van der Waals surface area contributed by atoms with Crippen molar-refractivity contribution in [1.82, 2.24) is 19.5 Å². The molecule has 9 nitrogen and oxygen atoms in total. The molecule has 0 aliphatic rings. The van der Waals surface area contributed by atoms with Gasteiger partial charge in [0.2, 0.25) is 5.95 Å². The van der Waals surface area contributed by atoms with E-state index in [9.17, 15) is 9.59 Å². The highest BCUT2D eigenvalue weighted by molar-refractivity contribution is 5.73. The van der Waals surface area contributed by atoms with Crippen LogP contribution in [0.15, 0.2) is 34.0 Å². The van der Waals surface area contributed by atoms with Crippen LogP contribution in [-0.4, -0.2) is 40.3 Å². The highest BCUT2D eigenvalue weighted by Gasteiger charge is 2.11. The van der Waals surface area contributed by atoms with Gasteiger partial charge in [0.15, 0.2) is 17.1 Å². The number of H-pyrrole nitrogens is 1. The lowest BCUT2D eigenvalue weighted by molar-refractivity contribution is 0.354. The van der Waals surface area contributed by atoms with Crippen LogP contribution >= 0.6 is 0 Å². The Morgan fingerprint density at radius 2 is 1.93 bits per heavy atom. The van der Waals surface area contributed by atoms with Crippen molar-refractivity contribution in [2.24, 2.45) is 5.92 Å². The van der Waals surface area contributed by atoms with Crippen LogP contribution in [0.4, 0.5) is 5.95 Å². The van der Waals surface area contributed by atoms with Crippen LogP contribution in [0.3, 0.4) is 0 Å². The van der Waals surface area contributed by atoms with Gasteiger partial charge >= 0.3 is 5.69 Å². The lowest BCUT2D eigenvalue weighted by atomic mass is 10.1. The van der Waals surface area contributed by atoms with Crippen molar-refractivity contribution in [1.29, 1.82) is 0 Å². The maximum Gasteiger partial charge on any atom is 0.330 e. The molecule has 2 N–H and O–H groups in total. The van der Waals surface area contributed by atoms with Gasteiger partial charge in [0.1, 0.15) is 5.39 Å². The van der Waals surface area contributed by atoms with Gasteiger partial charge < -0.3 is 14.8 Å². The Hall–Kier alpha value is -3.36. The van der Waals surface area contributed by atoms with Crippen molar-refractivity contribution >= 4 is 17.0 Å². The second kappa shape index (κ2) is 8.76. The van der Waals surface area contributed by atoms with Gasteiger partial charge in [-0.15, -0.1) is 0 Å². The first-order chi connectivity index (χ1) is 13.9. The third-order valence-corrected chi connectivity index (χ3v) is 4.43. The first-order valence-corrected chi connectivity index (χ1v) is 9.37. The van der Waals surface area contributed by atoms with Crippen LogP contribution in [0.1, 0.15) is 19.4 Å². The van der Waals surface area contributed by atoms with Crippen LogP contribution in [0.25, 0.3) is 11.0 Å². The number of hydrogen-bond donors (Lipinski definition) is 2. The molecule has 0 radical (unpaired) electrons. The lowest BCUT2D eigenvalue weighted by Gasteiger charge is -2.11. The van der Waals surface area contributed by atoms with Crippen LogP contribution < -0.4 is 26.0 Å². The number of hydrogen-bond acceptors (Lipinski definition) is 7. The molecule has 29 heavy (non-hydrogen) atoms. The Balaban J connectivity index is 1.74. The van der Waals surface area contributed by atoms with Crippen molar-refractivity contribution < 1.29 is 9.47 Å². The normalized spacial score (nSPS) is 11.1. The molecule has 0 amide bonds. The molecule has 0 spiro atoms. The highest BCUT2D eigenvalue weighted by atomic mass is 16.5. The minimum absolute atomic E-state index is 0.171. The summed E-state index contributed by atoms with van der Waals surface area (Å²) in [5.41, 5.74) is 0.435. The Morgan fingerprint density at radius 3 is 2.62 bits per heavy atom. The van der Waals surface area contributed by atoms with Crippen molar-refractivity contribution in [2.75, 3.05) is 26.1 Å². The van der Waals surface area contributed by atoms with Crippen LogP contribution in [0.2, 0.25) is 0 Å². The summed E-state index contributed by atoms with van der Waals surface area (Å²) in [7, 11) is 3.19. The average Bonchev–Trinajstić information content (AvgIpc) is 2.70. The SMILES string of the molecule is COc1ccc(CCNc2ncc3c(=O)n(CC(C)C)c(=O)[nH]c3n2)cc1OC. The van der Waals surface area contributed by atoms with E-state index >= 15 is 0 Å². The Bertz CT molecular complexity index is 1120. The van der Waals surface area contributed by atoms with Crippen molar-refractivity contribution in [3.8, 4) is 11.5 Å². The number of fused-ring (bicyclic) bond motifs is 1. The summed E-state index contributed by atoms with van der Waals surface area (Å²) in [5, 5.41) is 3.40. The maximum absolute atomic E-state index is 12.5. The number of benzene rings is 1. The quantitative estimate of drug-likeness (QED) is 0.594. The molecule has 9 heteroatoms. The predicted octanol–water partition coefficient (Wildman–Crippen LogP) is 1.81. The van der Waals surface area contributed by atoms with Crippen LogP contribution in [-0.2, 0) is 13.0 Å². The fourth-order valence-corrected chi connectivity index (χ4v) is 3.01. The fourth-order valence-electron chi connectivity index (χ4n) is 3.01. The molecule has 0 atom stereocenters. The number of nitrogens with zero attached hydrogens (tertiary/aromatic N) is 3. The lowest BCUT2D eigenvalue weighted by Crippen LogP contribution is -2.36. The maximum atomic E-state index is 12.5. The summed E-state index contributed by atoms with van der Waals surface area (Å²) in [4.78, 5) is 35.9. The zero-order chi connectivity index (χ0) is 21.0. The zero-order valence-corrected chi connectivity index (χ0v) is 17.0. The predicted molar refractivity (Wildman–Crippen MR) is 111 cm³/mol. The second-order valence-electron chi connectivity index (χ2n) is 7.06. The summed E-state index contributed by atoms with van der Waals surface area (Å²) >= 11 is 0. The molecular formula is C20H25N5O4. The van der Waals surface area contributed by atoms with Gasteiger partial charge in [0.25, 0.3) is 5.56 Å². The average molecular weight is 399 g/mol. The molecule has 3 aromatic rings. The minimum Gasteiger partial charge on any atom is -0.493 e. The number of aromatic amines is 1. The number of rotatable bonds is 8. The van der Waals surface area contributed by atoms with E-state index in [0.717, 1.165) is 5.56 Å². The molecule has 2 aromatic heterocycles. The summed E-state index contributed by atoms with van der Waals surface area (Å²) in [5.74, 6) is 1.86. The molecule has 0 fully saturated rings. The summed E-state index contributed by atoms with van der Waals surface area (Å²) in [6.07, 6.45) is 2.14. The molecule has 0 unspecified atom stereocenters. The molecule has 0 aliphatic carbocycles. The fraction of sp³-hybridized carbons (Fsp3) is 0.400. The third kappa shape index (κ3) is 4.56. The first-order valence-electron chi connectivity index (χ1n) is 9.37. The van der Waals surface area contributed by atoms with Gasteiger partial charge in [-0.25, -0.2) is 9.78 Å². The van der Waals surface area contributed by atoms with E-state index in [1.807, 2.05) is 32.0 Å². The Morgan fingerprint density at radius 1 is 1.17 bits per heavy atom. The van der Waals surface area contributed by atoms with Crippen molar-refractivity contribution in [3.05, 3.63) is 50.8 Å². The van der Waals surface area contributed by atoms with E-state index in [0.29, 0.717) is 37.0 Å². The van der Waals surface area contributed by atoms with E-state index in [1.54, 1.807) is 14.2 Å². The molecular weight excluding hydrogens is 374 g/mol. The zero-order valence-electron chi connectivity index (χ0n) is 17.0. The Kier molecular flexibility index (Phi) is 6.16. The van der Waals surface area contributed by atoms with Crippen molar-refractivity contribution in [2.45, 2.75) is 26.8 Å². The summed E-state index contributed by atoms with van der Waals surface area (Å²) < 4.78 is 11.7. The molecule has 2 heterocycles. The first kappa shape index (κ1) is 20.4. The molecule has 0 saturated carbocycles. The van der Waals surface area contributed by atoms with E-state index < -0.39 is 5.69 Å². The number of methoxy groups -OCH3 is 2. The van der Waals surface area contributed by atoms with E-state index in [4.69, 9.17) is 9.47 Å². The van der Waals surface area contributed by atoms with Gasteiger partial charge in [-0.05, 0) is 30.0 Å². The van der Waals surface area contributed by atoms with E-state index in [-0.39, 0.29) is 22.5 Å². The molecule has 0 bridgehead atoms. The smallest absolute Gasteiger partial charge is 0.330 e. The standard InChI is InChI=1S/C20H25N5O4/c1-12(2)11-25-18(26)14-10-22-19(23-17(14)24-20(25)27)21-8-7-13-5-6-15(28-3)16(9-13)29-4/h5-6,9-10,12H,7-8,11H2,1-4H3,(H2,21,22,23,24,27). The van der Waals surface area contributed by atoms with Gasteiger partial charge in [-0.2, -0.15) is 4.98 Å². The number of aromatic nitrogens is 4. The number of anilines is 1. The van der Waals surface area contributed by atoms with E-state index in [2.05, 4.69) is 20.3 Å².